The summed E-state index contributed by atoms with van der Waals surface area (Å²) in [5, 5.41) is 8.63. The molecule has 0 bridgehead atoms. The van der Waals surface area contributed by atoms with Gasteiger partial charge in [0.05, 0.1) is 11.1 Å². The monoisotopic (exact) mass is 377 g/mol. The number of benzene rings is 2. The van der Waals surface area contributed by atoms with Gasteiger partial charge in [-0.25, -0.2) is 4.68 Å². The number of amides is 1. The molecule has 2 N–H and O–H groups in total. The number of carbonyl (C=O) groups excluding carboxylic acids is 1. The van der Waals surface area contributed by atoms with Gasteiger partial charge in [0.25, 0.3) is 5.91 Å². The van der Waals surface area contributed by atoms with Crippen LogP contribution >= 0.6 is 11.8 Å². The molecule has 1 amide bonds. The van der Waals surface area contributed by atoms with Crippen molar-refractivity contribution in [1.29, 1.82) is 0 Å². The van der Waals surface area contributed by atoms with Gasteiger partial charge < -0.3 is 10.6 Å². The van der Waals surface area contributed by atoms with Crippen LogP contribution in [0.3, 0.4) is 0 Å². The molecule has 1 aliphatic heterocycles. The summed E-state index contributed by atoms with van der Waals surface area (Å²) in [6.07, 6.45) is 1.90. The Bertz CT molecular complexity index is 984. The maximum atomic E-state index is 11.9. The Labute approximate surface area is 161 Å². The van der Waals surface area contributed by atoms with E-state index >= 15 is 0 Å². The lowest BCUT2D eigenvalue weighted by molar-refractivity contribution is -0.114. The number of allylic oxidation sites excluding steroid dienone is 1. The summed E-state index contributed by atoms with van der Waals surface area (Å²) in [6.45, 7) is 2.58. The zero-order valence-corrected chi connectivity index (χ0v) is 15.6. The smallest absolute Gasteiger partial charge is 0.257 e. The van der Waals surface area contributed by atoms with Crippen LogP contribution in [0.4, 0.5) is 0 Å². The summed E-state index contributed by atoms with van der Waals surface area (Å²) in [5.74, 6) is -0.415. The molecule has 1 aliphatic rings. The number of rotatable bonds is 5. The van der Waals surface area contributed by atoms with Crippen molar-refractivity contribution in [3.05, 3.63) is 83.0 Å². The Morgan fingerprint density at radius 1 is 1.11 bits per heavy atom. The van der Waals surface area contributed by atoms with Crippen molar-refractivity contribution in [1.82, 2.24) is 19.9 Å². The fourth-order valence-electron chi connectivity index (χ4n) is 3.09. The van der Waals surface area contributed by atoms with Crippen LogP contribution < -0.4 is 5.73 Å². The Morgan fingerprint density at radius 2 is 1.78 bits per heavy atom. The van der Waals surface area contributed by atoms with Gasteiger partial charge in [-0.3, -0.25) is 4.79 Å². The van der Waals surface area contributed by atoms with Crippen LogP contribution in [-0.2, 0) is 11.3 Å². The highest BCUT2D eigenvalue weighted by molar-refractivity contribution is 8.04. The lowest BCUT2D eigenvalue weighted by atomic mass is 10.2. The van der Waals surface area contributed by atoms with Gasteiger partial charge >= 0.3 is 0 Å². The van der Waals surface area contributed by atoms with Crippen LogP contribution in [0.5, 0.6) is 0 Å². The Morgan fingerprint density at radius 3 is 2.44 bits per heavy atom. The first-order valence-corrected chi connectivity index (χ1v) is 9.46. The molecule has 0 saturated carbocycles. The van der Waals surface area contributed by atoms with Crippen molar-refractivity contribution in [3.63, 3.8) is 0 Å². The maximum absolute atomic E-state index is 11.9. The van der Waals surface area contributed by atoms with Crippen LogP contribution in [-0.4, -0.2) is 25.8 Å². The van der Waals surface area contributed by atoms with Crippen LogP contribution in [0.15, 0.2) is 77.5 Å². The van der Waals surface area contributed by atoms with E-state index in [9.17, 15) is 4.79 Å². The first-order chi connectivity index (χ1) is 13.1. The lowest BCUT2D eigenvalue weighted by Crippen LogP contribution is -2.26. The minimum Gasteiger partial charge on any atom is -0.365 e. The Hall–Kier alpha value is -3.06. The molecule has 2 aromatic carbocycles. The number of thioether (sulfide) groups is 1. The highest BCUT2D eigenvalue weighted by Gasteiger charge is 2.34. The number of carbonyl (C=O) groups is 1. The van der Waals surface area contributed by atoms with Crippen LogP contribution in [0, 0.1) is 0 Å². The predicted molar refractivity (Wildman–Crippen MR) is 106 cm³/mol. The molecule has 4 rings (SSSR count). The quantitative estimate of drug-likeness (QED) is 0.738. The normalized spacial score (nSPS) is 16.8. The largest absolute Gasteiger partial charge is 0.365 e. The summed E-state index contributed by atoms with van der Waals surface area (Å²) in [4.78, 5) is 14.6. The van der Waals surface area contributed by atoms with E-state index in [1.54, 1.807) is 4.68 Å². The van der Waals surface area contributed by atoms with Gasteiger partial charge in [-0.15, -0.1) is 5.10 Å². The standard InChI is InChI=1S/C20H19N5OS/c1-14-18(19(21)26)27-20(24(14)12-15-8-4-2-5-9-15)25-13-17(22-23-25)16-10-6-3-7-11-16/h2-11,13,20H,12H2,1H3,(H2,21,26). The molecule has 136 valence electrons. The Kier molecular flexibility index (Phi) is 4.68. The van der Waals surface area contributed by atoms with Gasteiger partial charge in [0.15, 0.2) is 5.50 Å². The molecule has 3 aromatic rings. The molecular formula is C20H19N5OS. The van der Waals surface area contributed by atoms with Gasteiger partial charge in [0, 0.05) is 17.8 Å². The molecule has 1 aromatic heterocycles. The second-order valence-corrected chi connectivity index (χ2v) is 7.35. The van der Waals surface area contributed by atoms with Gasteiger partial charge in [0.2, 0.25) is 0 Å². The average molecular weight is 377 g/mol. The van der Waals surface area contributed by atoms with E-state index in [4.69, 9.17) is 5.73 Å². The van der Waals surface area contributed by atoms with Crippen molar-refractivity contribution >= 4 is 17.7 Å². The first-order valence-electron chi connectivity index (χ1n) is 8.58. The third-order valence-corrected chi connectivity index (χ3v) is 5.89. The van der Waals surface area contributed by atoms with Crippen molar-refractivity contribution in [3.8, 4) is 11.3 Å². The zero-order chi connectivity index (χ0) is 18.8. The van der Waals surface area contributed by atoms with Crippen LogP contribution in [0.2, 0.25) is 0 Å². The molecule has 1 atom stereocenters. The number of hydrogen-bond acceptors (Lipinski definition) is 5. The summed E-state index contributed by atoms with van der Waals surface area (Å²) in [7, 11) is 0. The zero-order valence-electron chi connectivity index (χ0n) is 14.8. The van der Waals surface area contributed by atoms with Crippen molar-refractivity contribution in [2.24, 2.45) is 5.73 Å². The summed E-state index contributed by atoms with van der Waals surface area (Å²) < 4.78 is 1.79. The topological polar surface area (TPSA) is 77.0 Å². The van der Waals surface area contributed by atoms with E-state index in [0.717, 1.165) is 22.5 Å². The molecule has 1 unspecified atom stereocenters. The molecule has 0 aliphatic carbocycles. The van der Waals surface area contributed by atoms with Crippen molar-refractivity contribution in [2.45, 2.75) is 19.0 Å². The maximum Gasteiger partial charge on any atom is 0.257 e. The highest BCUT2D eigenvalue weighted by Crippen LogP contribution is 2.45. The molecule has 0 fully saturated rings. The minimum absolute atomic E-state index is 0.210. The van der Waals surface area contributed by atoms with Crippen molar-refractivity contribution < 1.29 is 4.79 Å². The third kappa shape index (κ3) is 3.46. The van der Waals surface area contributed by atoms with Crippen molar-refractivity contribution in [2.75, 3.05) is 0 Å². The molecule has 0 saturated heterocycles. The second kappa shape index (κ2) is 7.28. The molecule has 2 heterocycles. The van der Waals surface area contributed by atoms with E-state index in [1.165, 1.54) is 11.8 Å². The van der Waals surface area contributed by atoms with Gasteiger partial charge in [0.1, 0.15) is 5.69 Å². The third-order valence-electron chi connectivity index (χ3n) is 4.47. The number of primary amides is 1. The van der Waals surface area contributed by atoms with Crippen LogP contribution in [0.25, 0.3) is 11.3 Å². The van der Waals surface area contributed by atoms with E-state index in [1.807, 2.05) is 61.7 Å². The molecule has 6 nitrogen and oxygen atoms in total. The van der Waals surface area contributed by atoms with E-state index in [2.05, 4.69) is 27.3 Å². The summed E-state index contributed by atoms with van der Waals surface area (Å²) >= 11 is 1.41. The summed E-state index contributed by atoms with van der Waals surface area (Å²) in [6, 6.07) is 20.0. The van der Waals surface area contributed by atoms with Gasteiger partial charge in [-0.05, 0) is 12.5 Å². The number of hydrogen-bond donors (Lipinski definition) is 1. The van der Waals surface area contributed by atoms with E-state index in [-0.39, 0.29) is 5.50 Å². The molecule has 0 spiro atoms. The molecule has 0 radical (unpaired) electrons. The van der Waals surface area contributed by atoms with Gasteiger partial charge in [-0.2, -0.15) is 0 Å². The minimum atomic E-state index is -0.415. The molecule has 27 heavy (non-hydrogen) atoms. The van der Waals surface area contributed by atoms with E-state index in [0.29, 0.717) is 11.4 Å². The van der Waals surface area contributed by atoms with Crippen LogP contribution in [0.1, 0.15) is 18.0 Å². The SMILES string of the molecule is CC1=C(C(N)=O)SC(n2cc(-c3ccccc3)nn2)N1Cc1ccccc1. The second-order valence-electron chi connectivity index (χ2n) is 6.29. The first kappa shape index (κ1) is 17.4. The number of aromatic nitrogens is 3. The van der Waals surface area contributed by atoms with E-state index < -0.39 is 5.91 Å². The fraction of sp³-hybridized carbons (Fsp3) is 0.150. The molecule has 7 heteroatoms. The highest BCUT2D eigenvalue weighted by atomic mass is 32.2. The summed E-state index contributed by atoms with van der Waals surface area (Å²) in [5.41, 5.74) is 9.18. The number of nitrogens with two attached hydrogens (primary N) is 1. The number of nitrogens with zero attached hydrogens (tertiary/aromatic N) is 4. The lowest BCUT2D eigenvalue weighted by Gasteiger charge is -2.27. The predicted octanol–water partition coefficient (Wildman–Crippen LogP) is 3.37. The van der Waals surface area contributed by atoms with Gasteiger partial charge in [-0.1, -0.05) is 77.6 Å². The molecular weight excluding hydrogens is 358 g/mol. The Balaban J connectivity index is 1.66. The fourth-order valence-corrected chi connectivity index (χ4v) is 4.27. The average Bonchev–Trinajstić information content (AvgIpc) is 3.29.